The normalized spacial score (nSPS) is 21.8. The van der Waals surface area contributed by atoms with Gasteiger partial charge in [0.05, 0.1) is 17.2 Å². The molecule has 1 aromatic rings. The van der Waals surface area contributed by atoms with E-state index in [0.717, 1.165) is 0 Å². The second-order valence-corrected chi connectivity index (χ2v) is 8.53. The number of alkyl carbamates (subject to hydrolysis) is 1. The van der Waals surface area contributed by atoms with E-state index in [1.807, 2.05) is 0 Å². The Labute approximate surface area is 170 Å². The summed E-state index contributed by atoms with van der Waals surface area (Å²) in [7, 11) is 0. The summed E-state index contributed by atoms with van der Waals surface area (Å²) in [6.45, 7) is 7.79. The van der Waals surface area contributed by atoms with Gasteiger partial charge in [-0.2, -0.15) is 0 Å². The summed E-state index contributed by atoms with van der Waals surface area (Å²) < 4.78 is 5.35. The summed E-state index contributed by atoms with van der Waals surface area (Å²) in [5, 5.41) is 2.83. The van der Waals surface area contributed by atoms with Gasteiger partial charge < -0.3 is 15.0 Å². The molecule has 2 heterocycles. The van der Waals surface area contributed by atoms with Gasteiger partial charge in [-0.05, 0) is 39.3 Å². The van der Waals surface area contributed by atoms with Crippen LogP contribution in [0.5, 0.6) is 0 Å². The molecule has 8 heteroatoms. The highest BCUT2D eigenvalue weighted by molar-refractivity contribution is 6.21. The van der Waals surface area contributed by atoms with Crippen LogP contribution < -0.4 is 5.32 Å². The smallest absolute Gasteiger partial charge is 0.407 e. The van der Waals surface area contributed by atoms with Crippen molar-refractivity contribution in [2.45, 2.75) is 45.8 Å². The van der Waals surface area contributed by atoms with E-state index >= 15 is 0 Å². The maximum absolute atomic E-state index is 12.7. The van der Waals surface area contributed by atoms with E-state index in [1.165, 1.54) is 11.8 Å². The van der Waals surface area contributed by atoms with Gasteiger partial charge in [-0.1, -0.05) is 12.1 Å². The number of amides is 4. The van der Waals surface area contributed by atoms with Gasteiger partial charge >= 0.3 is 6.09 Å². The minimum atomic E-state index is -0.656. The van der Waals surface area contributed by atoms with E-state index in [0.29, 0.717) is 30.6 Å². The first kappa shape index (κ1) is 20.8. The van der Waals surface area contributed by atoms with Crippen LogP contribution in [0.15, 0.2) is 24.3 Å². The van der Waals surface area contributed by atoms with Crippen LogP contribution in [0.25, 0.3) is 0 Å². The van der Waals surface area contributed by atoms with Crippen molar-refractivity contribution in [3.8, 4) is 0 Å². The minimum Gasteiger partial charge on any atom is -0.444 e. The molecule has 0 bridgehead atoms. The first-order valence-corrected chi connectivity index (χ1v) is 9.77. The number of ether oxygens (including phenoxy) is 1. The first-order chi connectivity index (χ1) is 13.6. The van der Waals surface area contributed by atoms with Crippen molar-refractivity contribution >= 4 is 23.8 Å². The number of fused-ring (bicyclic) bond motifs is 1. The second kappa shape index (κ2) is 7.85. The second-order valence-electron chi connectivity index (χ2n) is 8.53. The highest BCUT2D eigenvalue weighted by Gasteiger charge is 2.40. The van der Waals surface area contributed by atoms with Gasteiger partial charge in [-0.3, -0.25) is 19.3 Å². The highest BCUT2D eigenvalue weighted by atomic mass is 16.6. The largest absolute Gasteiger partial charge is 0.444 e. The monoisotopic (exact) mass is 401 g/mol. The number of imide groups is 1. The van der Waals surface area contributed by atoms with Gasteiger partial charge in [0, 0.05) is 32.5 Å². The molecule has 1 unspecified atom stereocenters. The van der Waals surface area contributed by atoms with Gasteiger partial charge in [0.1, 0.15) is 5.60 Å². The molecule has 1 fully saturated rings. The zero-order valence-electron chi connectivity index (χ0n) is 17.2. The molecule has 2 aliphatic rings. The maximum Gasteiger partial charge on any atom is 0.407 e. The third-order valence-corrected chi connectivity index (χ3v) is 5.20. The van der Waals surface area contributed by atoms with E-state index in [1.54, 1.807) is 49.9 Å². The van der Waals surface area contributed by atoms with Crippen molar-refractivity contribution in [1.29, 1.82) is 0 Å². The van der Waals surface area contributed by atoms with Crippen LogP contribution in [-0.4, -0.2) is 64.9 Å². The predicted octanol–water partition coefficient (Wildman–Crippen LogP) is 2.04. The minimum absolute atomic E-state index is 0.0832. The Bertz CT molecular complexity index is 810. The molecule has 0 radical (unpaired) electrons. The molecule has 29 heavy (non-hydrogen) atoms. The molecule has 8 nitrogen and oxygen atoms in total. The molecule has 1 N–H and O–H groups in total. The van der Waals surface area contributed by atoms with Gasteiger partial charge in [0.25, 0.3) is 11.8 Å². The lowest BCUT2D eigenvalue weighted by atomic mass is 9.90. The number of rotatable bonds is 3. The lowest BCUT2D eigenvalue weighted by Gasteiger charge is -2.39. The third-order valence-electron chi connectivity index (χ3n) is 5.20. The van der Waals surface area contributed by atoms with E-state index in [4.69, 9.17) is 4.74 Å². The maximum atomic E-state index is 12.7. The zero-order valence-corrected chi connectivity index (χ0v) is 17.2. The summed E-state index contributed by atoms with van der Waals surface area (Å²) in [6.07, 6.45) is -0.0201. The molecule has 2 atom stereocenters. The van der Waals surface area contributed by atoms with Crippen molar-refractivity contribution < 1.29 is 23.9 Å². The molecule has 1 aromatic carbocycles. The lowest BCUT2D eigenvalue weighted by Crippen LogP contribution is -2.57. The van der Waals surface area contributed by atoms with E-state index < -0.39 is 17.7 Å². The number of nitrogens with one attached hydrogen (secondary N) is 1. The van der Waals surface area contributed by atoms with Crippen LogP contribution >= 0.6 is 0 Å². The van der Waals surface area contributed by atoms with E-state index in [9.17, 15) is 19.2 Å². The molecule has 2 aliphatic heterocycles. The lowest BCUT2D eigenvalue weighted by molar-refractivity contribution is -0.130. The summed E-state index contributed by atoms with van der Waals surface area (Å²) in [5.41, 5.74) is 0.141. The number of carbonyl (C=O) groups excluding carboxylic acids is 4. The number of likely N-dealkylation sites (tertiary alicyclic amines) is 1. The summed E-state index contributed by atoms with van der Waals surface area (Å²) in [5.74, 6) is -0.910. The number of nitrogens with zero attached hydrogens (tertiary/aromatic N) is 2. The van der Waals surface area contributed by atoms with Crippen LogP contribution in [-0.2, 0) is 9.53 Å². The Morgan fingerprint density at radius 1 is 1.14 bits per heavy atom. The average Bonchev–Trinajstić information content (AvgIpc) is 2.86. The number of benzene rings is 1. The quantitative estimate of drug-likeness (QED) is 0.782. The number of hydrogen-bond acceptors (Lipinski definition) is 5. The molecular formula is C21H27N3O5. The fourth-order valence-electron chi connectivity index (χ4n) is 3.77. The molecule has 3 rings (SSSR count). The Morgan fingerprint density at radius 3 is 2.24 bits per heavy atom. The van der Waals surface area contributed by atoms with Gasteiger partial charge in [0.15, 0.2) is 0 Å². The van der Waals surface area contributed by atoms with Crippen LogP contribution in [0.3, 0.4) is 0 Å². The van der Waals surface area contributed by atoms with Crippen molar-refractivity contribution in [3.05, 3.63) is 35.4 Å². The molecule has 0 aliphatic carbocycles. The number of carbonyl (C=O) groups is 4. The van der Waals surface area contributed by atoms with Crippen LogP contribution in [0.1, 0.15) is 54.8 Å². The fourth-order valence-corrected chi connectivity index (χ4v) is 3.77. The van der Waals surface area contributed by atoms with Gasteiger partial charge in [0.2, 0.25) is 5.91 Å². The Hall–Kier alpha value is -2.90. The first-order valence-electron chi connectivity index (χ1n) is 9.77. The van der Waals surface area contributed by atoms with Crippen molar-refractivity contribution in [2.75, 3.05) is 19.6 Å². The standard InChI is InChI=1S/C21H27N3O5/c1-13(25)23-10-9-14(17(12-23)22-20(28)29-21(2,3)4)11-24-18(26)15-7-5-6-8-16(15)19(24)27/h5-8,14,17H,9-12H2,1-4H3,(H,22,28)/t14-,17?/m0/s1. The SMILES string of the molecule is CC(=O)N1CC[C@@H](CN2C(=O)c3ccccc3C2=O)C(NC(=O)OC(C)(C)C)C1. The summed E-state index contributed by atoms with van der Waals surface area (Å²) >= 11 is 0. The molecule has 1 saturated heterocycles. The molecular weight excluding hydrogens is 374 g/mol. The molecule has 156 valence electrons. The summed E-state index contributed by atoms with van der Waals surface area (Å²) in [6, 6.07) is 6.32. The van der Waals surface area contributed by atoms with Gasteiger partial charge in [-0.15, -0.1) is 0 Å². The van der Waals surface area contributed by atoms with Gasteiger partial charge in [-0.25, -0.2) is 4.79 Å². The number of hydrogen-bond donors (Lipinski definition) is 1. The fraction of sp³-hybridized carbons (Fsp3) is 0.524. The molecule has 0 spiro atoms. The summed E-state index contributed by atoms with van der Waals surface area (Å²) in [4.78, 5) is 52.4. The molecule has 0 saturated carbocycles. The van der Waals surface area contributed by atoms with E-state index in [-0.39, 0.29) is 30.2 Å². The van der Waals surface area contributed by atoms with E-state index in [2.05, 4.69) is 5.32 Å². The average molecular weight is 401 g/mol. The Morgan fingerprint density at radius 2 is 1.72 bits per heavy atom. The molecule has 4 amide bonds. The van der Waals surface area contributed by atoms with Crippen LogP contribution in [0.2, 0.25) is 0 Å². The zero-order chi connectivity index (χ0) is 21.3. The van der Waals surface area contributed by atoms with Crippen LogP contribution in [0, 0.1) is 5.92 Å². The van der Waals surface area contributed by atoms with Crippen LogP contribution in [0.4, 0.5) is 4.79 Å². The topological polar surface area (TPSA) is 96.0 Å². The van der Waals surface area contributed by atoms with Crippen molar-refractivity contribution in [2.24, 2.45) is 5.92 Å². The Balaban J connectivity index is 1.75. The highest BCUT2D eigenvalue weighted by Crippen LogP contribution is 2.27. The molecule has 0 aromatic heterocycles. The van der Waals surface area contributed by atoms with Crippen molar-refractivity contribution in [3.63, 3.8) is 0 Å². The predicted molar refractivity (Wildman–Crippen MR) is 105 cm³/mol. The third kappa shape index (κ3) is 4.58. The Kier molecular flexibility index (Phi) is 5.64. The van der Waals surface area contributed by atoms with Crippen molar-refractivity contribution in [1.82, 2.24) is 15.1 Å². The number of piperidine rings is 1.